The molecule has 1 amide bonds. The number of carbonyl (C=O) groups is 1. The van der Waals surface area contributed by atoms with Crippen LogP contribution in [0.3, 0.4) is 0 Å². The molecule has 17 heavy (non-hydrogen) atoms. The van der Waals surface area contributed by atoms with Crippen LogP contribution in [0.2, 0.25) is 0 Å². The molecule has 1 atom stereocenters. The van der Waals surface area contributed by atoms with Gasteiger partial charge in [0.2, 0.25) is 5.91 Å². The van der Waals surface area contributed by atoms with Gasteiger partial charge in [-0.3, -0.25) is 4.79 Å². The molecule has 0 aliphatic heterocycles. The second kappa shape index (κ2) is 6.19. The van der Waals surface area contributed by atoms with E-state index < -0.39 is 0 Å². The standard InChI is InChI=1S/C10H16N4O2S/c1-3-7-5-12-10(17-7)6(2)13-9(15)4-8(11)14-16/h5-6,16H,3-4H2,1-2H3,(H2,11,14)(H,13,15). The molecule has 7 heteroatoms. The molecule has 1 aromatic heterocycles. The van der Waals surface area contributed by atoms with Gasteiger partial charge in [0.05, 0.1) is 12.5 Å². The van der Waals surface area contributed by atoms with Gasteiger partial charge in [0, 0.05) is 11.1 Å². The number of amidine groups is 1. The highest BCUT2D eigenvalue weighted by molar-refractivity contribution is 7.11. The fourth-order valence-electron chi connectivity index (χ4n) is 1.24. The minimum Gasteiger partial charge on any atom is -0.409 e. The average Bonchev–Trinajstić information content (AvgIpc) is 2.77. The van der Waals surface area contributed by atoms with Gasteiger partial charge in [-0.05, 0) is 13.3 Å². The zero-order chi connectivity index (χ0) is 12.8. The van der Waals surface area contributed by atoms with Gasteiger partial charge < -0.3 is 16.3 Å². The lowest BCUT2D eigenvalue weighted by molar-refractivity contribution is -0.120. The predicted molar refractivity (Wildman–Crippen MR) is 66.1 cm³/mol. The van der Waals surface area contributed by atoms with E-state index in [1.807, 2.05) is 13.1 Å². The smallest absolute Gasteiger partial charge is 0.228 e. The maximum Gasteiger partial charge on any atom is 0.228 e. The van der Waals surface area contributed by atoms with Gasteiger partial charge in [0.15, 0.2) is 0 Å². The van der Waals surface area contributed by atoms with E-state index in [0.29, 0.717) is 0 Å². The topological polar surface area (TPSA) is 101 Å². The van der Waals surface area contributed by atoms with Crippen LogP contribution < -0.4 is 11.1 Å². The van der Waals surface area contributed by atoms with Crippen molar-refractivity contribution in [1.82, 2.24) is 10.3 Å². The molecule has 1 rings (SSSR count). The van der Waals surface area contributed by atoms with Gasteiger partial charge >= 0.3 is 0 Å². The number of hydrogen-bond donors (Lipinski definition) is 3. The molecular formula is C10H16N4O2S. The molecule has 0 aliphatic rings. The van der Waals surface area contributed by atoms with Gasteiger partial charge in [0.1, 0.15) is 10.8 Å². The first-order chi connectivity index (χ1) is 8.06. The number of aryl methyl sites for hydroxylation is 1. The molecule has 94 valence electrons. The lowest BCUT2D eigenvalue weighted by atomic mass is 10.3. The Labute approximate surface area is 104 Å². The molecule has 0 saturated carbocycles. The summed E-state index contributed by atoms with van der Waals surface area (Å²) in [5.41, 5.74) is 5.24. The van der Waals surface area contributed by atoms with Crippen LogP contribution in [-0.4, -0.2) is 21.9 Å². The monoisotopic (exact) mass is 256 g/mol. The van der Waals surface area contributed by atoms with Gasteiger partial charge in [-0.2, -0.15) is 0 Å². The minimum atomic E-state index is -0.291. The quantitative estimate of drug-likeness (QED) is 0.317. The van der Waals surface area contributed by atoms with Gasteiger partial charge in [-0.25, -0.2) is 4.98 Å². The molecule has 0 radical (unpaired) electrons. The Bertz CT molecular complexity index is 416. The molecular weight excluding hydrogens is 240 g/mol. The second-order valence-corrected chi connectivity index (χ2v) is 4.72. The van der Waals surface area contributed by atoms with Crippen LogP contribution in [0.1, 0.15) is 36.2 Å². The molecule has 1 aromatic rings. The number of amides is 1. The average molecular weight is 256 g/mol. The van der Waals surface area contributed by atoms with E-state index in [4.69, 9.17) is 10.9 Å². The van der Waals surface area contributed by atoms with E-state index in [-0.39, 0.29) is 24.2 Å². The van der Waals surface area contributed by atoms with Crippen molar-refractivity contribution in [2.45, 2.75) is 32.7 Å². The van der Waals surface area contributed by atoms with E-state index in [1.165, 1.54) is 4.88 Å². The highest BCUT2D eigenvalue weighted by atomic mass is 32.1. The number of thiazole rings is 1. The third kappa shape index (κ3) is 4.03. The second-order valence-electron chi connectivity index (χ2n) is 3.58. The third-order valence-electron chi connectivity index (χ3n) is 2.14. The molecule has 6 nitrogen and oxygen atoms in total. The van der Waals surface area contributed by atoms with Gasteiger partial charge in [0.25, 0.3) is 0 Å². The van der Waals surface area contributed by atoms with Crippen LogP contribution in [0.5, 0.6) is 0 Å². The maximum atomic E-state index is 11.5. The highest BCUT2D eigenvalue weighted by Crippen LogP contribution is 2.20. The van der Waals surface area contributed by atoms with Gasteiger partial charge in [-0.1, -0.05) is 12.1 Å². The summed E-state index contributed by atoms with van der Waals surface area (Å²) in [6.07, 6.45) is 2.63. The number of aromatic nitrogens is 1. The number of rotatable bonds is 5. The number of nitrogens with zero attached hydrogens (tertiary/aromatic N) is 2. The number of nitrogens with two attached hydrogens (primary N) is 1. The zero-order valence-corrected chi connectivity index (χ0v) is 10.6. The Kier molecular flexibility index (Phi) is 4.89. The minimum absolute atomic E-state index is 0.108. The van der Waals surface area contributed by atoms with Crippen LogP contribution in [0.4, 0.5) is 0 Å². The first-order valence-electron chi connectivity index (χ1n) is 5.27. The van der Waals surface area contributed by atoms with E-state index in [0.717, 1.165) is 11.4 Å². The molecule has 1 unspecified atom stereocenters. The first kappa shape index (κ1) is 13.4. The molecule has 0 spiro atoms. The Balaban J connectivity index is 2.54. The van der Waals surface area contributed by atoms with Crippen LogP contribution in [0.25, 0.3) is 0 Å². The molecule has 0 saturated heterocycles. The summed E-state index contributed by atoms with van der Waals surface area (Å²) in [5, 5.41) is 14.7. The fourth-order valence-corrected chi connectivity index (χ4v) is 2.10. The van der Waals surface area contributed by atoms with Crippen molar-refractivity contribution < 1.29 is 10.0 Å². The lowest BCUT2D eigenvalue weighted by Gasteiger charge is -2.10. The van der Waals surface area contributed by atoms with E-state index >= 15 is 0 Å². The molecule has 1 heterocycles. The summed E-state index contributed by atoms with van der Waals surface area (Å²) >= 11 is 1.57. The van der Waals surface area contributed by atoms with Gasteiger partial charge in [-0.15, -0.1) is 11.3 Å². The fraction of sp³-hybridized carbons (Fsp3) is 0.500. The Morgan fingerprint density at radius 1 is 1.76 bits per heavy atom. The van der Waals surface area contributed by atoms with Crippen LogP contribution in [-0.2, 0) is 11.2 Å². The number of oxime groups is 1. The Morgan fingerprint density at radius 2 is 2.47 bits per heavy atom. The number of carbonyl (C=O) groups excluding carboxylic acids is 1. The summed E-state index contributed by atoms with van der Waals surface area (Å²) in [7, 11) is 0. The summed E-state index contributed by atoms with van der Waals surface area (Å²) in [5.74, 6) is -0.399. The van der Waals surface area contributed by atoms with Crippen molar-refractivity contribution >= 4 is 23.1 Å². The highest BCUT2D eigenvalue weighted by Gasteiger charge is 2.13. The van der Waals surface area contributed by atoms with Crippen molar-refractivity contribution in [3.8, 4) is 0 Å². The summed E-state index contributed by atoms with van der Waals surface area (Å²) in [4.78, 5) is 16.9. The Hall–Kier alpha value is -1.63. The predicted octanol–water partition coefficient (Wildman–Crippen LogP) is 1.02. The maximum absolute atomic E-state index is 11.5. The van der Waals surface area contributed by atoms with Crippen molar-refractivity contribution in [3.05, 3.63) is 16.1 Å². The van der Waals surface area contributed by atoms with E-state index in [1.54, 1.807) is 11.3 Å². The molecule has 0 aliphatic carbocycles. The van der Waals surface area contributed by atoms with Crippen molar-refractivity contribution in [3.63, 3.8) is 0 Å². The van der Waals surface area contributed by atoms with Crippen LogP contribution >= 0.6 is 11.3 Å². The van der Waals surface area contributed by atoms with Crippen molar-refractivity contribution in [1.29, 1.82) is 0 Å². The Morgan fingerprint density at radius 3 is 3.00 bits per heavy atom. The lowest BCUT2D eigenvalue weighted by Crippen LogP contribution is -2.30. The van der Waals surface area contributed by atoms with Crippen LogP contribution in [0, 0.1) is 0 Å². The van der Waals surface area contributed by atoms with Crippen LogP contribution in [0.15, 0.2) is 11.4 Å². The number of hydrogen-bond acceptors (Lipinski definition) is 5. The molecule has 4 N–H and O–H groups in total. The van der Waals surface area contributed by atoms with E-state index in [2.05, 4.69) is 22.4 Å². The normalized spacial score (nSPS) is 13.4. The van der Waals surface area contributed by atoms with Crippen molar-refractivity contribution in [2.24, 2.45) is 10.9 Å². The third-order valence-corrected chi connectivity index (χ3v) is 3.46. The zero-order valence-electron chi connectivity index (χ0n) is 9.80. The summed E-state index contributed by atoms with van der Waals surface area (Å²) in [6, 6.07) is -0.167. The SMILES string of the molecule is CCc1cnc(C(C)NC(=O)CC(N)=NO)s1. The summed E-state index contributed by atoms with van der Waals surface area (Å²) < 4.78 is 0. The molecule has 0 fully saturated rings. The van der Waals surface area contributed by atoms with E-state index in [9.17, 15) is 4.79 Å². The largest absolute Gasteiger partial charge is 0.409 e. The number of nitrogens with one attached hydrogen (secondary N) is 1. The summed E-state index contributed by atoms with van der Waals surface area (Å²) in [6.45, 7) is 3.90. The molecule has 0 bridgehead atoms. The first-order valence-corrected chi connectivity index (χ1v) is 6.08. The van der Waals surface area contributed by atoms with Crippen molar-refractivity contribution in [2.75, 3.05) is 0 Å². The molecule has 0 aromatic carbocycles.